The Hall–Kier alpha value is 0.0500. The second kappa shape index (κ2) is 6.00. The molecule has 0 spiro atoms. The molecule has 0 saturated carbocycles. The first-order valence-electron chi connectivity index (χ1n) is 5.71. The van der Waals surface area contributed by atoms with E-state index >= 15 is 0 Å². The average Bonchev–Trinajstić information content (AvgIpc) is 2.66. The third-order valence-corrected chi connectivity index (χ3v) is 6.53. The van der Waals surface area contributed by atoms with E-state index in [1.54, 1.807) is 13.0 Å². The standard InChI is InChI=1S/C11H18BrNO3S2/c1-4-11(5-2,7-14)13-18(15,16)9-6-10(12)17-8(9)3/h6,13-14H,4-5,7H2,1-3H3. The molecule has 0 aromatic carbocycles. The number of halogens is 1. The molecule has 0 radical (unpaired) electrons. The van der Waals surface area contributed by atoms with Crippen molar-refractivity contribution in [3.8, 4) is 0 Å². The van der Waals surface area contributed by atoms with Crippen molar-refractivity contribution in [2.45, 2.75) is 44.0 Å². The lowest BCUT2D eigenvalue weighted by Gasteiger charge is -2.30. The third kappa shape index (κ3) is 3.33. The minimum atomic E-state index is -3.59. The molecule has 0 fully saturated rings. The van der Waals surface area contributed by atoms with Gasteiger partial charge in [0.05, 0.1) is 20.8 Å². The van der Waals surface area contributed by atoms with Crippen LogP contribution >= 0.6 is 27.3 Å². The molecular formula is C11H18BrNO3S2. The van der Waals surface area contributed by atoms with Crippen molar-refractivity contribution in [2.75, 3.05) is 6.61 Å². The van der Waals surface area contributed by atoms with Crippen LogP contribution in [0.5, 0.6) is 0 Å². The Kier molecular flexibility index (Phi) is 5.37. The highest BCUT2D eigenvalue weighted by molar-refractivity contribution is 9.11. The van der Waals surface area contributed by atoms with Crippen LogP contribution in [0.2, 0.25) is 0 Å². The van der Waals surface area contributed by atoms with E-state index < -0.39 is 15.6 Å². The number of hydrogen-bond acceptors (Lipinski definition) is 4. The van der Waals surface area contributed by atoms with E-state index in [-0.39, 0.29) is 11.5 Å². The first kappa shape index (κ1) is 16.1. The molecular weight excluding hydrogens is 338 g/mol. The number of nitrogens with one attached hydrogen (secondary N) is 1. The minimum Gasteiger partial charge on any atom is -0.394 e. The lowest BCUT2D eigenvalue weighted by Crippen LogP contribution is -2.50. The predicted molar refractivity (Wildman–Crippen MR) is 77.5 cm³/mol. The number of aliphatic hydroxyl groups is 1. The molecule has 0 saturated heterocycles. The van der Waals surface area contributed by atoms with Crippen molar-refractivity contribution in [1.82, 2.24) is 4.72 Å². The molecule has 4 nitrogen and oxygen atoms in total. The number of aliphatic hydroxyl groups excluding tert-OH is 1. The highest BCUT2D eigenvalue weighted by Gasteiger charge is 2.32. The molecule has 0 unspecified atom stereocenters. The summed E-state index contributed by atoms with van der Waals surface area (Å²) in [6.45, 7) is 5.28. The van der Waals surface area contributed by atoms with Gasteiger partial charge in [0.15, 0.2) is 0 Å². The zero-order chi connectivity index (χ0) is 14.0. The summed E-state index contributed by atoms with van der Waals surface area (Å²) in [6, 6.07) is 1.59. The quantitative estimate of drug-likeness (QED) is 0.824. The third-order valence-electron chi connectivity index (χ3n) is 3.14. The highest BCUT2D eigenvalue weighted by atomic mass is 79.9. The smallest absolute Gasteiger partial charge is 0.242 e. The first-order chi connectivity index (χ1) is 8.30. The maximum absolute atomic E-state index is 12.3. The van der Waals surface area contributed by atoms with Gasteiger partial charge in [0.2, 0.25) is 10.0 Å². The fourth-order valence-electron chi connectivity index (χ4n) is 1.69. The van der Waals surface area contributed by atoms with Gasteiger partial charge in [0.1, 0.15) is 0 Å². The van der Waals surface area contributed by atoms with Crippen LogP contribution in [-0.2, 0) is 10.0 Å². The summed E-state index contributed by atoms with van der Waals surface area (Å²) in [7, 11) is -3.59. The Balaban J connectivity index is 3.12. The number of sulfonamides is 1. The van der Waals surface area contributed by atoms with Gasteiger partial charge < -0.3 is 5.11 Å². The van der Waals surface area contributed by atoms with Crippen molar-refractivity contribution in [3.05, 3.63) is 14.7 Å². The van der Waals surface area contributed by atoms with Crippen LogP contribution in [0.25, 0.3) is 0 Å². The van der Waals surface area contributed by atoms with Crippen molar-refractivity contribution in [1.29, 1.82) is 0 Å². The number of aryl methyl sites for hydroxylation is 1. The predicted octanol–water partition coefficient (Wildman–Crippen LogP) is 2.65. The van der Waals surface area contributed by atoms with Crippen molar-refractivity contribution in [3.63, 3.8) is 0 Å². The van der Waals surface area contributed by atoms with Crippen LogP contribution in [0.1, 0.15) is 31.6 Å². The Morgan fingerprint density at radius 1 is 1.44 bits per heavy atom. The van der Waals surface area contributed by atoms with E-state index in [4.69, 9.17) is 0 Å². The molecule has 1 rings (SSSR count). The lowest BCUT2D eigenvalue weighted by molar-refractivity contribution is 0.172. The van der Waals surface area contributed by atoms with Crippen LogP contribution < -0.4 is 4.72 Å². The van der Waals surface area contributed by atoms with Crippen LogP contribution in [-0.4, -0.2) is 25.7 Å². The molecule has 2 N–H and O–H groups in total. The zero-order valence-corrected chi connectivity index (χ0v) is 13.9. The summed E-state index contributed by atoms with van der Waals surface area (Å²) in [4.78, 5) is 1.01. The fourth-order valence-corrected chi connectivity index (χ4v) is 5.64. The van der Waals surface area contributed by atoms with Crippen molar-refractivity contribution >= 4 is 37.3 Å². The van der Waals surface area contributed by atoms with E-state index in [1.165, 1.54) is 11.3 Å². The normalized spacial score (nSPS) is 12.9. The average molecular weight is 356 g/mol. The molecule has 1 aromatic rings. The zero-order valence-electron chi connectivity index (χ0n) is 10.7. The van der Waals surface area contributed by atoms with Gasteiger partial charge in [-0.05, 0) is 41.8 Å². The molecule has 18 heavy (non-hydrogen) atoms. The largest absolute Gasteiger partial charge is 0.394 e. The van der Waals surface area contributed by atoms with E-state index in [1.807, 2.05) is 13.8 Å². The number of thiophene rings is 1. The van der Waals surface area contributed by atoms with E-state index in [9.17, 15) is 13.5 Å². The topological polar surface area (TPSA) is 66.4 Å². The van der Waals surface area contributed by atoms with Crippen molar-refractivity contribution in [2.24, 2.45) is 0 Å². The Morgan fingerprint density at radius 2 is 2.00 bits per heavy atom. The van der Waals surface area contributed by atoms with Gasteiger partial charge in [-0.2, -0.15) is 0 Å². The van der Waals surface area contributed by atoms with Crippen molar-refractivity contribution < 1.29 is 13.5 Å². The summed E-state index contributed by atoms with van der Waals surface area (Å²) < 4.78 is 28.1. The minimum absolute atomic E-state index is 0.205. The number of hydrogen-bond donors (Lipinski definition) is 2. The SMILES string of the molecule is CCC(CC)(CO)NS(=O)(=O)c1cc(Br)sc1C. The highest BCUT2D eigenvalue weighted by Crippen LogP contribution is 2.30. The Bertz CT molecular complexity index is 498. The summed E-state index contributed by atoms with van der Waals surface area (Å²) in [5, 5.41) is 9.43. The van der Waals surface area contributed by atoms with Crippen LogP contribution in [0.4, 0.5) is 0 Å². The van der Waals surface area contributed by atoms with Gasteiger partial charge >= 0.3 is 0 Å². The number of rotatable bonds is 6. The van der Waals surface area contributed by atoms with Crippen LogP contribution in [0.15, 0.2) is 14.7 Å². The first-order valence-corrected chi connectivity index (χ1v) is 8.80. The molecule has 0 aliphatic carbocycles. The maximum Gasteiger partial charge on any atom is 0.242 e. The second-order valence-corrected chi connectivity index (χ2v) is 8.51. The fraction of sp³-hybridized carbons (Fsp3) is 0.636. The van der Waals surface area contributed by atoms with Crippen LogP contribution in [0, 0.1) is 6.92 Å². The summed E-state index contributed by atoms with van der Waals surface area (Å²) in [5.41, 5.74) is -0.778. The van der Waals surface area contributed by atoms with Gasteiger partial charge in [0, 0.05) is 4.88 Å². The van der Waals surface area contributed by atoms with Gasteiger partial charge in [-0.15, -0.1) is 11.3 Å². The molecule has 104 valence electrons. The maximum atomic E-state index is 12.3. The molecule has 0 aliphatic rings. The van der Waals surface area contributed by atoms with Gasteiger partial charge in [-0.25, -0.2) is 13.1 Å². The van der Waals surface area contributed by atoms with E-state index in [0.29, 0.717) is 12.8 Å². The Morgan fingerprint density at radius 3 is 2.33 bits per heavy atom. The molecule has 0 amide bonds. The molecule has 1 heterocycles. The molecule has 0 aliphatic heterocycles. The van der Waals surface area contributed by atoms with Gasteiger partial charge in [-0.1, -0.05) is 13.8 Å². The molecule has 0 bridgehead atoms. The van der Waals surface area contributed by atoms with Crippen LogP contribution in [0.3, 0.4) is 0 Å². The summed E-state index contributed by atoms with van der Waals surface area (Å²) in [6.07, 6.45) is 1.09. The van der Waals surface area contributed by atoms with E-state index in [2.05, 4.69) is 20.7 Å². The summed E-state index contributed by atoms with van der Waals surface area (Å²) in [5.74, 6) is 0. The lowest BCUT2D eigenvalue weighted by atomic mass is 9.96. The molecule has 0 atom stereocenters. The monoisotopic (exact) mass is 355 g/mol. The van der Waals surface area contributed by atoms with E-state index in [0.717, 1.165) is 8.66 Å². The molecule has 1 aromatic heterocycles. The van der Waals surface area contributed by atoms with Gasteiger partial charge in [0.25, 0.3) is 0 Å². The Labute approximate surface area is 121 Å². The summed E-state index contributed by atoms with van der Waals surface area (Å²) >= 11 is 4.66. The second-order valence-electron chi connectivity index (χ2n) is 4.22. The molecule has 7 heteroatoms. The van der Waals surface area contributed by atoms with Gasteiger partial charge in [-0.3, -0.25) is 0 Å².